The zero-order valence-corrected chi connectivity index (χ0v) is 25.2. The molecule has 30 heavy (non-hydrogen) atoms. The van der Waals surface area contributed by atoms with Gasteiger partial charge in [-0.15, -0.1) is 0 Å². The minimum Gasteiger partial charge on any atom is -0.758 e. The fourth-order valence-electron chi connectivity index (χ4n) is 3.75. The van der Waals surface area contributed by atoms with Gasteiger partial charge in [-0.05, 0) is 59.5 Å². The summed E-state index contributed by atoms with van der Waals surface area (Å²) in [5.74, 6) is -0.513. The van der Waals surface area contributed by atoms with Crippen LogP contribution in [0.2, 0.25) is 0 Å². The average Bonchev–Trinajstić information content (AvgIpc) is 3.02. The molecule has 8 nitrogen and oxygen atoms in total. The number of phosphoric acid groups is 1. The first-order valence-corrected chi connectivity index (χ1v) is 11.6. The standard InChI is InChI=1S/C19H36O8P.2W/c1-11(2)23-9-15-16(7-13(5)19(15)20)27-28(21,22)24-10-18-17(25-12(3)4)8-14(6)26-18;;/h10-20H,7-9H2,1-6H3,(H,21,22);;/q-1;;/p-1/t13-,14-,15+,16+,17+,18+,19?;;/m0../s1. The smallest absolute Gasteiger partial charge is 0.237 e. The molecule has 0 aromatic carbocycles. The van der Waals surface area contributed by atoms with Gasteiger partial charge in [-0.2, -0.15) is 6.61 Å². The Morgan fingerprint density at radius 1 is 1.13 bits per heavy atom. The van der Waals surface area contributed by atoms with E-state index in [1.165, 1.54) is 0 Å². The molecule has 1 aliphatic carbocycles. The predicted octanol–water partition coefficient (Wildman–Crippen LogP) is 2.43. The molecule has 11 heteroatoms. The van der Waals surface area contributed by atoms with Crippen LogP contribution in [0.1, 0.15) is 54.4 Å². The molecule has 8 atom stereocenters. The van der Waals surface area contributed by atoms with Gasteiger partial charge in [0.25, 0.3) is 0 Å². The van der Waals surface area contributed by atoms with Gasteiger partial charge in [-0.1, -0.05) is 6.92 Å². The fraction of sp³-hybridized carbons (Fsp3) is 0.947. The second-order valence-electron chi connectivity index (χ2n) is 8.45. The molecular weight excluding hydrogens is 755 g/mol. The SMILES string of the molecule is CC(C)OC[C@H]1C(O)[C@@H](C)C[C@H]1OP(=O)([O-])O[CH-][C@H]1O[C@@H](C)C[C@H]1OC(C)C.[W].[W]. The van der Waals surface area contributed by atoms with Crippen molar-refractivity contribution in [3.05, 3.63) is 6.61 Å². The number of hydrogen-bond donors (Lipinski definition) is 1. The normalized spacial score (nSPS) is 35.9. The molecule has 1 heterocycles. The van der Waals surface area contributed by atoms with E-state index < -0.39 is 32.1 Å². The Hall–Kier alpha value is 1.33. The van der Waals surface area contributed by atoms with E-state index in [0.717, 1.165) is 6.61 Å². The van der Waals surface area contributed by atoms with Crippen molar-refractivity contribution in [3.8, 4) is 0 Å². The van der Waals surface area contributed by atoms with Gasteiger partial charge < -0.3 is 33.3 Å². The molecule has 0 bridgehead atoms. The van der Waals surface area contributed by atoms with Gasteiger partial charge in [0.2, 0.25) is 7.82 Å². The quantitative estimate of drug-likeness (QED) is 0.266. The van der Waals surface area contributed by atoms with Crippen molar-refractivity contribution in [3.63, 3.8) is 0 Å². The van der Waals surface area contributed by atoms with Crippen molar-refractivity contribution in [1.29, 1.82) is 0 Å². The Bertz CT molecular complexity index is 539. The first-order chi connectivity index (χ1) is 13.0. The van der Waals surface area contributed by atoms with Gasteiger partial charge in [0.1, 0.15) is 0 Å². The van der Waals surface area contributed by atoms with Crippen LogP contribution in [0.25, 0.3) is 0 Å². The molecule has 0 radical (unpaired) electrons. The number of aliphatic hydroxyl groups is 1. The maximum atomic E-state index is 12.4. The zero-order valence-electron chi connectivity index (χ0n) is 18.5. The third-order valence-corrected chi connectivity index (χ3v) is 5.99. The monoisotopic (exact) mass is 790 g/mol. The molecule has 0 amide bonds. The molecule has 2 fully saturated rings. The summed E-state index contributed by atoms with van der Waals surface area (Å²) >= 11 is 0. The van der Waals surface area contributed by atoms with Gasteiger partial charge in [-0.25, -0.2) is 0 Å². The number of rotatable bonds is 10. The first-order valence-electron chi connectivity index (χ1n) is 10.1. The van der Waals surface area contributed by atoms with E-state index in [2.05, 4.69) is 0 Å². The molecule has 1 saturated carbocycles. The van der Waals surface area contributed by atoms with Gasteiger partial charge in [-0.3, -0.25) is 4.57 Å². The maximum Gasteiger partial charge on any atom is 0.237 e. The third-order valence-electron chi connectivity index (χ3n) is 5.08. The summed E-state index contributed by atoms with van der Waals surface area (Å²) in [6.45, 7) is 12.7. The van der Waals surface area contributed by atoms with E-state index in [1.54, 1.807) is 0 Å². The summed E-state index contributed by atoms with van der Waals surface area (Å²) in [5, 5.41) is 10.4. The Morgan fingerprint density at radius 3 is 2.33 bits per heavy atom. The van der Waals surface area contributed by atoms with Crippen molar-refractivity contribution in [2.45, 2.75) is 97.1 Å². The predicted molar refractivity (Wildman–Crippen MR) is 101 cm³/mol. The van der Waals surface area contributed by atoms with Crippen LogP contribution in [0.4, 0.5) is 0 Å². The summed E-state index contributed by atoms with van der Waals surface area (Å²) in [7, 11) is -4.62. The van der Waals surface area contributed by atoms with E-state index in [0.29, 0.717) is 12.8 Å². The number of aliphatic hydroxyl groups excluding tert-OH is 1. The Balaban J connectivity index is 0.00000420. The number of hydrogen-bond acceptors (Lipinski definition) is 8. The summed E-state index contributed by atoms with van der Waals surface area (Å²) in [6.07, 6.45) is -1.23. The Morgan fingerprint density at radius 2 is 1.77 bits per heavy atom. The van der Waals surface area contributed by atoms with E-state index in [1.807, 2.05) is 41.5 Å². The van der Waals surface area contributed by atoms with Crippen LogP contribution in [-0.2, 0) is 70.0 Å². The van der Waals surface area contributed by atoms with Gasteiger partial charge in [0, 0.05) is 48.0 Å². The van der Waals surface area contributed by atoms with Crippen LogP contribution >= 0.6 is 7.82 Å². The van der Waals surface area contributed by atoms with Crippen LogP contribution in [0.15, 0.2) is 0 Å². The van der Waals surface area contributed by atoms with Crippen LogP contribution in [-0.4, -0.2) is 54.4 Å². The molecule has 0 aromatic heterocycles. The largest absolute Gasteiger partial charge is 0.758 e. The van der Waals surface area contributed by atoms with Crippen molar-refractivity contribution in [2.24, 2.45) is 11.8 Å². The van der Waals surface area contributed by atoms with E-state index >= 15 is 0 Å². The summed E-state index contributed by atoms with van der Waals surface area (Å²) in [4.78, 5) is 12.4. The summed E-state index contributed by atoms with van der Waals surface area (Å²) in [6, 6.07) is 0. The minimum atomic E-state index is -4.62. The van der Waals surface area contributed by atoms with Crippen molar-refractivity contribution >= 4 is 7.82 Å². The van der Waals surface area contributed by atoms with E-state index in [9.17, 15) is 14.6 Å². The van der Waals surface area contributed by atoms with Gasteiger partial charge in [0.05, 0.1) is 43.2 Å². The molecule has 1 saturated heterocycles. The molecule has 2 rings (SSSR count). The molecule has 2 aliphatic rings. The molecule has 178 valence electrons. The zero-order chi connectivity index (χ0) is 21.1. The van der Waals surface area contributed by atoms with E-state index in [-0.39, 0.29) is 79.1 Å². The molecule has 1 aliphatic heterocycles. The molecule has 1 N–H and O–H groups in total. The number of phosphoric ester groups is 1. The summed E-state index contributed by atoms with van der Waals surface area (Å²) < 4.78 is 39.7. The van der Waals surface area contributed by atoms with Crippen molar-refractivity contribution in [2.75, 3.05) is 6.61 Å². The van der Waals surface area contributed by atoms with Crippen LogP contribution in [0, 0.1) is 18.4 Å². The van der Waals surface area contributed by atoms with Crippen LogP contribution in [0.5, 0.6) is 0 Å². The summed E-state index contributed by atoms with van der Waals surface area (Å²) in [5.41, 5.74) is 0. The van der Waals surface area contributed by atoms with Crippen LogP contribution < -0.4 is 4.89 Å². The van der Waals surface area contributed by atoms with Crippen molar-refractivity contribution < 1.29 is 80.0 Å². The van der Waals surface area contributed by atoms with E-state index in [4.69, 9.17) is 23.3 Å². The molecule has 0 aromatic rings. The maximum absolute atomic E-state index is 12.4. The van der Waals surface area contributed by atoms with Gasteiger partial charge >= 0.3 is 0 Å². The third kappa shape index (κ3) is 9.67. The molecule has 2 unspecified atom stereocenters. The first kappa shape index (κ1) is 31.3. The Labute approximate surface area is 209 Å². The fourth-order valence-corrected chi connectivity index (χ4v) is 4.65. The average molecular weight is 790 g/mol. The topological polar surface area (TPSA) is 107 Å². The van der Waals surface area contributed by atoms with Crippen molar-refractivity contribution in [1.82, 2.24) is 0 Å². The minimum absolute atomic E-state index is 0. The molecule has 0 spiro atoms. The second-order valence-corrected chi connectivity index (χ2v) is 9.77. The number of ether oxygens (including phenoxy) is 3. The van der Waals surface area contributed by atoms with Gasteiger partial charge in [0.15, 0.2) is 0 Å². The van der Waals surface area contributed by atoms with Crippen LogP contribution in [0.3, 0.4) is 0 Å². The molecular formula is C19H35O8PW2-2. The second kappa shape index (κ2) is 13.9. The Kier molecular flexibility index (Phi) is 14.5.